The van der Waals surface area contributed by atoms with Crippen molar-refractivity contribution in [3.63, 3.8) is 0 Å². The standard InChI is InChI=1S/C13H14BrFN2O/c1-8-12(7-18)9(2)17(16-8)6-10-3-4-11(14)5-13(10)15/h3-5,18H,6-7H2,1-2H3. The molecule has 0 atom stereocenters. The van der Waals surface area contributed by atoms with Crippen LogP contribution < -0.4 is 0 Å². The minimum absolute atomic E-state index is 0.0412. The second kappa shape index (κ2) is 5.20. The summed E-state index contributed by atoms with van der Waals surface area (Å²) in [7, 11) is 0. The maximum atomic E-state index is 13.7. The number of rotatable bonds is 3. The van der Waals surface area contributed by atoms with Gasteiger partial charge < -0.3 is 5.11 Å². The Balaban J connectivity index is 2.34. The summed E-state index contributed by atoms with van der Waals surface area (Å²) in [4.78, 5) is 0. The molecule has 0 aliphatic rings. The summed E-state index contributed by atoms with van der Waals surface area (Å²) < 4.78 is 16.2. The number of aliphatic hydroxyl groups excluding tert-OH is 1. The Bertz CT molecular complexity index is 581. The molecule has 1 heterocycles. The van der Waals surface area contributed by atoms with Gasteiger partial charge in [-0.3, -0.25) is 4.68 Å². The Hall–Kier alpha value is -1.20. The van der Waals surface area contributed by atoms with Crippen LogP contribution in [-0.2, 0) is 13.2 Å². The molecule has 3 nitrogen and oxygen atoms in total. The molecule has 0 amide bonds. The lowest BCUT2D eigenvalue weighted by Crippen LogP contribution is -2.06. The molecule has 1 N–H and O–H groups in total. The fourth-order valence-corrected chi connectivity index (χ4v) is 2.26. The lowest BCUT2D eigenvalue weighted by atomic mass is 10.2. The van der Waals surface area contributed by atoms with Crippen molar-refractivity contribution in [2.45, 2.75) is 27.0 Å². The second-order valence-electron chi connectivity index (χ2n) is 4.20. The van der Waals surface area contributed by atoms with Crippen molar-refractivity contribution >= 4 is 15.9 Å². The Morgan fingerprint density at radius 2 is 2.11 bits per heavy atom. The molecular formula is C13H14BrFN2O. The van der Waals surface area contributed by atoms with Crippen LogP contribution in [0.5, 0.6) is 0 Å². The number of aliphatic hydroxyl groups is 1. The van der Waals surface area contributed by atoms with Crippen molar-refractivity contribution in [1.82, 2.24) is 9.78 Å². The first-order chi connectivity index (χ1) is 8.52. The fraction of sp³-hybridized carbons (Fsp3) is 0.308. The predicted octanol–water partition coefficient (Wildman–Crippen LogP) is 2.94. The molecular weight excluding hydrogens is 299 g/mol. The average Bonchev–Trinajstić information content (AvgIpc) is 2.58. The van der Waals surface area contributed by atoms with Gasteiger partial charge in [-0.1, -0.05) is 22.0 Å². The molecule has 0 spiro atoms. The summed E-state index contributed by atoms with van der Waals surface area (Å²) in [6.07, 6.45) is 0. The van der Waals surface area contributed by atoms with Crippen molar-refractivity contribution < 1.29 is 9.50 Å². The summed E-state index contributed by atoms with van der Waals surface area (Å²) in [6.45, 7) is 4.04. The zero-order valence-corrected chi connectivity index (χ0v) is 11.8. The van der Waals surface area contributed by atoms with Crippen LogP contribution in [0, 0.1) is 19.7 Å². The van der Waals surface area contributed by atoms with Crippen LogP contribution in [0.15, 0.2) is 22.7 Å². The van der Waals surface area contributed by atoms with E-state index in [-0.39, 0.29) is 12.4 Å². The average molecular weight is 313 g/mol. The summed E-state index contributed by atoms with van der Waals surface area (Å²) >= 11 is 3.23. The normalized spacial score (nSPS) is 10.9. The second-order valence-corrected chi connectivity index (χ2v) is 5.12. The van der Waals surface area contributed by atoms with E-state index in [2.05, 4.69) is 21.0 Å². The third-order valence-corrected chi connectivity index (χ3v) is 3.52. The largest absolute Gasteiger partial charge is 0.392 e. The molecule has 18 heavy (non-hydrogen) atoms. The van der Waals surface area contributed by atoms with Gasteiger partial charge in [-0.15, -0.1) is 0 Å². The fourth-order valence-electron chi connectivity index (χ4n) is 1.93. The molecule has 0 aliphatic carbocycles. The molecule has 1 aromatic carbocycles. The maximum Gasteiger partial charge on any atom is 0.129 e. The highest BCUT2D eigenvalue weighted by molar-refractivity contribution is 9.10. The number of nitrogens with zero attached hydrogens (tertiary/aromatic N) is 2. The molecule has 0 radical (unpaired) electrons. The Morgan fingerprint density at radius 1 is 1.39 bits per heavy atom. The van der Waals surface area contributed by atoms with Gasteiger partial charge in [-0.05, 0) is 26.0 Å². The number of halogens is 2. The van der Waals surface area contributed by atoms with Crippen LogP contribution in [0.1, 0.15) is 22.5 Å². The van der Waals surface area contributed by atoms with Crippen molar-refractivity contribution in [2.24, 2.45) is 0 Å². The van der Waals surface area contributed by atoms with Crippen molar-refractivity contribution in [3.8, 4) is 0 Å². The van der Waals surface area contributed by atoms with E-state index in [1.807, 2.05) is 13.8 Å². The monoisotopic (exact) mass is 312 g/mol. The first-order valence-electron chi connectivity index (χ1n) is 5.60. The van der Waals surface area contributed by atoms with E-state index in [1.165, 1.54) is 6.07 Å². The highest BCUT2D eigenvalue weighted by Crippen LogP contribution is 2.18. The maximum absolute atomic E-state index is 13.7. The van der Waals surface area contributed by atoms with Gasteiger partial charge in [0.05, 0.1) is 18.8 Å². The third kappa shape index (κ3) is 2.47. The minimum atomic E-state index is -0.262. The van der Waals surface area contributed by atoms with E-state index < -0.39 is 0 Å². The molecule has 1 aromatic heterocycles. The molecule has 0 aliphatic heterocycles. The Kier molecular flexibility index (Phi) is 3.82. The SMILES string of the molecule is Cc1nn(Cc2ccc(Br)cc2F)c(C)c1CO. The molecule has 5 heteroatoms. The van der Waals surface area contributed by atoms with Gasteiger partial charge in [0.2, 0.25) is 0 Å². The van der Waals surface area contributed by atoms with E-state index >= 15 is 0 Å². The minimum Gasteiger partial charge on any atom is -0.392 e. The molecule has 96 valence electrons. The lowest BCUT2D eigenvalue weighted by Gasteiger charge is -2.06. The number of aryl methyl sites for hydroxylation is 1. The van der Waals surface area contributed by atoms with Crippen LogP contribution in [0.25, 0.3) is 0 Å². The number of hydrogen-bond donors (Lipinski definition) is 1. The van der Waals surface area contributed by atoms with Gasteiger partial charge in [0.25, 0.3) is 0 Å². The van der Waals surface area contributed by atoms with E-state index in [0.717, 1.165) is 17.0 Å². The van der Waals surface area contributed by atoms with Gasteiger partial charge in [0.1, 0.15) is 5.82 Å². The molecule has 0 bridgehead atoms. The third-order valence-electron chi connectivity index (χ3n) is 3.02. The van der Waals surface area contributed by atoms with Crippen LogP contribution in [0.4, 0.5) is 4.39 Å². The van der Waals surface area contributed by atoms with Crippen LogP contribution in [0.2, 0.25) is 0 Å². The Labute approximate surface area is 113 Å². The molecule has 2 rings (SSSR count). The van der Waals surface area contributed by atoms with E-state index in [1.54, 1.807) is 16.8 Å². The smallest absolute Gasteiger partial charge is 0.129 e. The summed E-state index contributed by atoms with van der Waals surface area (Å²) in [5.74, 6) is -0.262. The number of aromatic nitrogens is 2. The van der Waals surface area contributed by atoms with Gasteiger partial charge >= 0.3 is 0 Å². The summed E-state index contributed by atoms with van der Waals surface area (Å²) in [6, 6.07) is 4.97. The molecule has 2 aromatic rings. The first kappa shape index (κ1) is 13.2. The number of benzene rings is 1. The Morgan fingerprint density at radius 3 is 2.67 bits per heavy atom. The van der Waals surface area contributed by atoms with Crippen molar-refractivity contribution in [3.05, 3.63) is 51.0 Å². The summed E-state index contributed by atoms with van der Waals surface area (Å²) in [5.41, 5.74) is 3.05. The first-order valence-corrected chi connectivity index (χ1v) is 6.40. The highest BCUT2D eigenvalue weighted by atomic mass is 79.9. The summed E-state index contributed by atoms with van der Waals surface area (Å²) in [5, 5.41) is 13.6. The lowest BCUT2D eigenvalue weighted by molar-refractivity contribution is 0.280. The highest BCUT2D eigenvalue weighted by Gasteiger charge is 2.12. The van der Waals surface area contributed by atoms with E-state index in [4.69, 9.17) is 0 Å². The van der Waals surface area contributed by atoms with Gasteiger partial charge in [-0.25, -0.2) is 4.39 Å². The van der Waals surface area contributed by atoms with Crippen molar-refractivity contribution in [2.75, 3.05) is 0 Å². The molecule has 0 fully saturated rings. The van der Waals surface area contributed by atoms with Gasteiger partial charge in [0.15, 0.2) is 0 Å². The molecule has 0 saturated carbocycles. The van der Waals surface area contributed by atoms with E-state index in [9.17, 15) is 9.50 Å². The van der Waals surface area contributed by atoms with E-state index in [0.29, 0.717) is 16.6 Å². The predicted molar refractivity (Wildman–Crippen MR) is 70.8 cm³/mol. The topological polar surface area (TPSA) is 38.0 Å². The van der Waals surface area contributed by atoms with Gasteiger partial charge in [0, 0.05) is 21.3 Å². The molecule has 0 saturated heterocycles. The quantitative estimate of drug-likeness (QED) is 0.946. The van der Waals surface area contributed by atoms with Crippen LogP contribution >= 0.6 is 15.9 Å². The van der Waals surface area contributed by atoms with Crippen molar-refractivity contribution in [1.29, 1.82) is 0 Å². The zero-order valence-electron chi connectivity index (χ0n) is 10.2. The van der Waals surface area contributed by atoms with Crippen LogP contribution in [0.3, 0.4) is 0 Å². The van der Waals surface area contributed by atoms with Gasteiger partial charge in [-0.2, -0.15) is 5.10 Å². The zero-order chi connectivity index (χ0) is 13.3. The molecule has 0 unspecified atom stereocenters. The van der Waals surface area contributed by atoms with Crippen LogP contribution in [-0.4, -0.2) is 14.9 Å². The number of hydrogen-bond acceptors (Lipinski definition) is 2.